The van der Waals surface area contributed by atoms with Gasteiger partial charge in [-0.25, -0.2) is 0 Å². The molecule has 4 N–H and O–H groups in total. The van der Waals surface area contributed by atoms with E-state index in [0.29, 0.717) is 48.1 Å². The SMILES string of the molecule is CCN(CC)C(=O)c1cc(-c2nnc([C@](C)(N)Cc3ccccc3)o2)cc(-c2ccccc2N)c1. The number of para-hydroxylation sites is 1. The average molecular weight is 470 g/mol. The zero-order valence-electron chi connectivity index (χ0n) is 20.4. The Balaban J connectivity index is 1.76. The summed E-state index contributed by atoms with van der Waals surface area (Å²) in [4.78, 5) is 15.0. The number of carbonyl (C=O) groups is 1. The van der Waals surface area contributed by atoms with Crippen molar-refractivity contribution >= 4 is 11.6 Å². The Hall–Kier alpha value is -3.97. The fraction of sp³-hybridized carbons (Fsp3) is 0.250. The van der Waals surface area contributed by atoms with E-state index in [4.69, 9.17) is 15.9 Å². The molecule has 0 fully saturated rings. The topological polar surface area (TPSA) is 111 Å². The van der Waals surface area contributed by atoms with Gasteiger partial charge < -0.3 is 20.8 Å². The van der Waals surface area contributed by atoms with Crippen LogP contribution in [0.4, 0.5) is 5.69 Å². The van der Waals surface area contributed by atoms with Crippen molar-refractivity contribution in [2.75, 3.05) is 18.8 Å². The Labute approximate surface area is 205 Å². The van der Waals surface area contributed by atoms with Crippen LogP contribution in [0.2, 0.25) is 0 Å². The minimum absolute atomic E-state index is 0.0694. The normalized spacial score (nSPS) is 12.8. The quantitative estimate of drug-likeness (QED) is 0.356. The lowest BCUT2D eigenvalue weighted by Gasteiger charge is -2.20. The third-order valence-corrected chi connectivity index (χ3v) is 6.08. The molecule has 35 heavy (non-hydrogen) atoms. The highest BCUT2D eigenvalue weighted by Crippen LogP contribution is 2.32. The van der Waals surface area contributed by atoms with Gasteiger partial charge in [0.05, 0.1) is 5.54 Å². The first kappa shape index (κ1) is 24.2. The van der Waals surface area contributed by atoms with Gasteiger partial charge in [-0.3, -0.25) is 4.79 Å². The van der Waals surface area contributed by atoms with Crippen molar-refractivity contribution in [1.29, 1.82) is 0 Å². The molecule has 0 radical (unpaired) electrons. The second-order valence-electron chi connectivity index (χ2n) is 8.86. The van der Waals surface area contributed by atoms with Crippen LogP contribution in [0.25, 0.3) is 22.6 Å². The Kier molecular flexibility index (Phi) is 6.98. The molecule has 180 valence electrons. The largest absolute Gasteiger partial charge is 0.419 e. The summed E-state index contributed by atoms with van der Waals surface area (Å²) >= 11 is 0. The predicted molar refractivity (Wildman–Crippen MR) is 139 cm³/mol. The van der Waals surface area contributed by atoms with Crippen molar-refractivity contribution in [2.24, 2.45) is 5.73 Å². The molecule has 3 aromatic carbocycles. The predicted octanol–water partition coefficient (Wildman–Crippen LogP) is 4.88. The smallest absolute Gasteiger partial charge is 0.253 e. The molecule has 7 nitrogen and oxygen atoms in total. The van der Waals surface area contributed by atoms with Gasteiger partial charge in [-0.15, -0.1) is 10.2 Å². The van der Waals surface area contributed by atoms with Gasteiger partial charge in [0, 0.05) is 35.5 Å². The van der Waals surface area contributed by atoms with E-state index in [2.05, 4.69) is 10.2 Å². The van der Waals surface area contributed by atoms with Gasteiger partial charge in [0.1, 0.15) is 0 Å². The first-order valence-electron chi connectivity index (χ1n) is 11.8. The summed E-state index contributed by atoms with van der Waals surface area (Å²) < 4.78 is 6.07. The van der Waals surface area contributed by atoms with E-state index in [1.165, 1.54) is 0 Å². The van der Waals surface area contributed by atoms with Crippen molar-refractivity contribution < 1.29 is 9.21 Å². The Morgan fingerprint density at radius 2 is 1.60 bits per heavy atom. The Bertz CT molecular complexity index is 1310. The number of nitrogens with zero attached hydrogens (tertiary/aromatic N) is 3. The van der Waals surface area contributed by atoms with Gasteiger partial charge in [0.15, 0.2) is 0 Å². The fourth-order valence-electron chi connectivity index (χ4n) is 4.15. The second-order valence-corrected chi connectivity index (χ2v) is 8.86. The molecular formula is C28H31N5O2. The number of carbonyl (C=O) groups excluding carboxylic acids is 1. The number of hydrogen-bond acceptors (Lipinski definition) is 6. The van der Waals surface area contributed by atoms with Crippen molar-refractivity contribution in [2.45, 2.75) is 32.7 Å². The van der Waals surface area contributed by atoms with Crippen LogP contribution in [0.15, 0.2) is 77.2 Å². The molecule has 1 aromatic heterocycles. The lowest BCUT2D eigenvalue weighted by molar-refractivity contribution is 0.0773. The van der Waals surface area contributed by atoms with E-state index in [0.717, 1.165) is 16.7 Å². The first-order valence-corrected chi connectivity index (χ1v) is 11.8. The van der Waals surface area contributed by atoms with Crippen molar-refractivity contribution in [3.8, 4) is 22.6 Å². The van der Waals surface area contributed by atoms with Gasteiger partial charge in [0.25, 0.3) is 5.91 Å². The zero-order valence-corrected chi connectivity index (χ0v) is 20.4. The zero-order chi connectivity index (χ0) is 25.0. The molecule has 0 aliphatic carbocycles. The van der Waals surface area contributed by atoms with Gasteiger partial charge in [-0.1, -0.05) is 48.5 Å². The molecule has 7 heteroatoms. The van der Waals surface area contributed by atoms with Gasteiger partial charge in [-0.2, -0.15) is 0 Å². The maximum Gasteiger partial charge on any atom is 0.253 e. The van der Waals surface area contributed by atoms with Crippen LogP contribution in [-0.2, 0) is 12.0 Å². The van der Waals surface area contributed by atoms with Crippen LogP contribution in [0.1, 0.15) is 42.6 Å². The summed E-state index contributed by atoms with van der Waals surface area (Å²) in [6, 6.07) is 23.0. The number of amides is 1. The number of nitrogens with two attached hydrogens (primary N) is 2. The summed E-state index contributed by atoms with van der Waals surface area (Å²) in [7, 11) is 0. The molecule has 0 spiro atoms. The molecule has 4 rings (SSSR count). The van der Waals surface area contributed by atoms with Crippen LogP contribution in [0.5, 0.6) is 0 Å². The molecule has 0 saturated heterocycles. The maximum atomic E-state index is 13.2. The highest BCUT2D eigenvalue weighted by atomic mass is 16.4. The second kappa shape index (κ2) is 10.1. The number of anilines is 1. The average Bonchev–Trinajstić information content (AvgIpc) is 3.37. The third kappa shape index (κ3) is 5.25. The maximum absolute atomic E-state index is 13.2. The van der Waals surface area contributed by atoms with Crippen LogP contribution in [-0.4, -0.2) is 34.1 Å². The minimum atomic E-state index is -0.853. The minimum Gasteiger partial charge on any atom is -0.419 e. The summed E-state index contributed by atoms with van der Waals surface area (Å²) in [6.07, 6.45) is 0.543. The summed E-state index contributed by atoms with van der Waals surface area (Å²) in [6.45, 7) is 7.00. The molecular weight excluding hydrogens is 438 g/mol. The highest BCUT2D eigenvalue weighted by molar-refractivity contribution is 5.97. The lowest BCUT2D eigenvalue weighted by atomic mass is 9.94. The highest BCUT2D eigenvalue weighted by Gasteiger charge is 2.29. The summed E-state index contributed by atoms with van der Waals surface area (Å²) in [5.41, 5.74) is 16.5. The van der Waals surface area contributed by atoms with Gasteiger partial charge in [-0.05, 0) is 62.6 Å². The molecule has 0 bridgehead atoms. The standard InChI is InChI=1S/C28H31N5O2/c1-4-33(5-2)26(34)22-16-20(23-13-9-10-14-24(23)29)15-21(17-22)25-31-32-27(35-25)28(3,30)18-19-11-7-6-8-12-19/h6-17H,4-5,18,29-30H2,1-3H3/t28-/m1/s1. The fourth-order valence-corrected chi connectivity index (χ4v) is 4.15. The summed E-state index contributed by atoms with van der Waals surface area (Å²) in [5, 5.41) is 8.55. The number of hydrogen-bond donors (Lipinski definition) is 2. The van der Waals surface area contributed by atoms with E-state index in [1.807, 2.05) is 87.5 Å². The van der Waals surface area contributed by atoms with E-state index in [1.54, 1.807) is 11.0 Å². The Morgan fingerprint density at radius 1 is 0.943 bits per heavy atom. The van der Waals surface area contributed by atoms with E-state index < -0.39 is 5.54 Å². The van der Waals surface area contributed by atoms with Crippen LogP contribution in [0, 0.1) is 0 Å². The molecule has 1 atom stereocenters. The molecule has 1 heterocycles. The van der Waals surface area contributed by atoms with E-state index in [-0.39, 0.29) is 5.91 Å². The van der Waals surface area contributed by atoms with Crippen LogP contribution in [0.3, 0.4) is 0 Å². The first-order chi connectivity index (χ1) is 16.8. The Morgan fingerprint density at radius 3 is 2.29 bits per heavy atom. The molecule has 0 unspecified atom stereocenters. The molecule has 0 aliphatic rings. The van der Waals surface area contributed by atoms with Gasteiger partial charge in [0.2, 0.25) is 11.8 Å². The molecule has 0 saturated carbocycles. The van der Waals surface area contributed by atoms with Gasteiger partial charge >= 0.3 is 0 Å². The molecule has 4 aromatic rings. The van der Waals surface area contributed by atoms with Crippen LogP contribution < -0.4 is 11.5 Å². The number of rotatable bonds is 8. The number of aromatic nitrogens is 2. The number of benzene rings is 3. The van der Waals surface area contributed by atoms with E-state index >= 15 is 0 Å². The van der Waals surface area contributed by atoms with Crippen molar-refractivity contribution in [1.82, 2.24) is 15.1 Å². The van der Waals surface area contributed by atoms with Crippen molar-refractivity contribution in [3.05, 3.63) is 89.8 Å². The monoisotopic (exact) mass is 469 g/mol. The molecule has 0 aliphatic heterocycles. The molecule has 1 amide bonds. The van der Waals surface area contributed by atoms with E-state index in [9.17, 15) is 4.79 Å². The summed E-state index contributed by atoms with van der Waals surface area (Å²) in [5.74, 6) is 0.562. The number of nitrogen functional groups attached to an aromatic ring is 1. The third-order valence-electron chi connectivity index (χ3n) is 6.08. The van der Waals surface area contributed by atoms with Crippen LogP contribution >= 0.6 is 0 Å². The lowest BCUT2D eigenvalue weighted by Crippen LogP contribution is -2.35. The van der Waals surface area contributed by atoms with Crippen molar-refractivity contribution in [3.63, 3.8) is 0 Å².